The summed E-state index contributed by atoms with van der Waals surface area (Å²) in [4.78, 5) is 0. The molecule has 0 aliphatic carbocycles. The number of rotatable bonds is 2. The van der Waals surface area contributed by atoms with Crippen LogP contribution in [0, 0.1) is 12.7 Å². The van der Waals surface area contributed by atoms with Crippen LogP contribution in [0.5, 0.6) is 0 Å². The summed E-state index contributed by atoms with van der Waals surface area (Å²) in [5.41, 5.74) is 9.52. The lowest BCUT2D eigenvalue weighted by Crippen LogP contribution is -2.04. The van der Waals surface area contributed by atoms with E-state index in [4.69, 9.17) is 5.73 Å². The monoisotopic (exact) mass is 229 g/mol. The Morgan fingerprint density at radius 1 is 1.06 bits per heavy atom. The third kappa shape index (κ3) is 2.37. The van der Waals surface area contributed by atoms with Crippen molar-refractivity contribution in [1.82, 2.24) is 0 Å². The standard InChI is InChI=1S/C15H16FN/c1-10-14(4-3-5-15(10)16)13-8-6-12(7-9-13)11(2)17/h3-9,11H,17H2,1-2H3. The lowest BCUT2D eigenvalue weighted by atomic mass is 9.98. The van der Waals surface area contributed by atoms with Crippen LogP contribution in [-0.2, 0) is 0 Å². The highest BCUT2D eigenvalue weighted by Crippen LogP contribution is 2.26. The van der Waals surface area contributed by atoms with Crippen LogP contribution in [0.2, 0.25) is 0 Å². The van der Waals surface area contributed by atoms with E-state index < -0.39 is 0 Å². The molecule has 1 nitrogen and oxygen atoms in total. The zero-order chi connectivity index (χ0) is 12.4. The van der Waals surface area contributed by atoms with Crippen molar-refractivity contribution in [1.29, 1.82) is 0 Å². The van der Waals surface area contributed by atoms with Gasteiger partial charge in [0.25, 0.3) is 0 Å². The van der Waals surface area contributed by atoms with E-state index in [9.17, 15) is 4.39 Å². The van der Waals surface area contributed by atoms with Gasteiger partial charge in [0.2, 0.25) is 0 Å². The third-order valence-electron chi connectivity index (χ3n) is 3.02. The molecule has 0 spiro atoms. The minimum atomic E-state index is -0.168. The van der Waals surface area contributed by atoms with Crippen molar-refractivity contribution in [3.05, 3.63) is 59.4 Å². The third-order valence-corrected chi connectivity index (χ3v) is 3.02. The Balaban J connectivity index is 2.43. The van der Waals surface area contributed by atoms with Crippen molar-refractivity contribution in [2.45, 2.75) is 19.9 Å². The van der Waals surface area contributed by atoms with Crippen LogP contribution in [0.15, 0.2) is 42.5 Å². The first-order chi connectivity index (χ1) is 8.09. The topological polar surface area (TPSA) is 26.0 Å². The van der Waals surface area contributed by atoms with Gasteiger partial charge in [0.1, 0.15) is 5.82 Å². The van der Waals surface area contributed by atoms with Crippen molar-refractivity contribution in [3.8, 4) is 11.1 Å². The Hall–Kier alpha value is -1.67. The number of hydrogen-bond acceptors (Lipinski definition) is 1. The summed E-state index contributed by atoms with van der Waals surface area (Å²) in [6.45, 7) is 3.74. The van der Waals surface area contributed by atoms with Crippen molar-refractivity contribution in [2.75, 3.05) is 0 Å². The second-order valence-corrected chi connectivity index (χ2v) is 4.32. The van der Waals surface area contributed by atoms with Gasteiger partial charge in [0.15, 0.2) is 0 Å². The largest absolute Gasteiger partial charge is 0.324 e. The molecule has 0 aromatic heterocycles. The van der Waals surface area contributed by atoms with E-state index in [1.165, 1.54) is 6.07 Å². The Morgan fingerprint density at radius 3 is 2.29 bits per heavy atom. The minimum absolute atomic E-state index is 0.0256. The average Bonchev–Trinajstić information content (AvgIpc) is 2.33. The molecule has 0 saturated carbocycles. The van der Waals surface area contributed by atoms with E-state index in [1.807, 2.05) is 37.3 Å². The molecule has 1 unspecified atom stereocenters. The number of nitrogens with two attached hydrogens (primary N) is 1. The van der Waals surface area contributed by atoms with Gasteiger partial charge in [-0.3, -0.25) is 0 Å². The van der Waals surface area contributed by atoms with Crippen LogP contribution < -0.4 is 5.73 Å². The first-order valence-electron chi connectivity index (χ1n) is 5.70. The molecule has 0 radical (unpaired) electrons. The molecule has 0 heterocycles. The zero-order valence-corrected chi connectivity index (χ0v) is 10.1. The van der Waals surface area contributed by atoms with Crippen LogP contribution in [-0.4, -0.2) is 0 Å². The molecular weight excluding hydrogens is 213 g/mol. The Kier molecular flexibility index (Phi) is 3.25. The average molecular weight is 229 g/mol. The smallest absolute Gasteiger partial charge is 0.126 e. The van der Waals surface area contributed by atoms with Crippen LogP contribution in [0.25, 0.3) is 11.1 Å². The van der Waals surface area contributed by atoms with Crippen LogP contribution in [0.1, 0.15) is 24.1 Å². The molecule has 0 aliphatic rings. The Bertz CT molecular complexity index is 515. The molecule has 2 N–H and O–H groups in total. The summed E-state index contributed by atoms with van der Waals surface area (Å²) >= 11 is 0. The molecule has 2 heteroatoms. The van der Waals surface area contributed by atoms with Crippen molar-refractivity contribution in [3.63, 3.8) is 0 Å². The van der Waals surface area contributed by atoms with Crippen LogP contribution in [0.4, 0.5) is 4.39 Å². The van der Waals surface area contributed by atoms with Gasteiger partial charge in [-0.1, -0.05) is 36.4 Å². The summed E-state index contributed by atoms with van der Waals surface area (Å²) in [5, 5.41) is 0. The van der Waals surface area contributed by atoms with Crippen LogP contribution >= 0.6 is 0 Å². The molecule has 88 valence electrons. The highest BCUT2D eigenvalue weighted by atomic mass is 19.1. The maximum atomic E-state index is 13.5. The molecule has 0 fully saturated rings. The Morgan fingerprint density at radius 2 is 1.71 bits per heavy atom. The summed E-state index contributed by atoms with van der Waals surface area (Å²) in [5.74, 6) is -0.168. The summed E-state index contributed by atoms with van der Waals surface area (Å²) < 4.78 is 13.5. The maximum Gasteiger partial charge on any atom is 0.126 e. The molecule has 17 heavy (non-hydrogen) atoms. The quantitative estimate of drug-likeness (QED) is 0.832. The summed E-state index contributed by atoms with van der Waals surface area (Å²) in [6.07, 6.45) is 0. The minimum Gasteiger partial charge on any atom is -0.324 e. The lowest BCUT2D eigenvalue weighted by molar-refractivity contribution is 0.619. The maximum absolute atomic E-state index is 13.5. The molecule has 2 aromatic rings. The van der Waals surface area contributed by atoms with Crippen molar-refractivity contribution >= 4 is 0 Å². The molecule has 0 aliphatic heterocycles. The molecule has 1 atom stereocenters. The van der Waals surface area contributed by atoms with Gasteiger partial charge in [-0.2, -0.15) is 0 Å². The van der Waals surface area contributed by atoms with E-state index >= 15 is 0 Å². The summed E-state index contributed by atoms with van der Waals surface area (Å²) in [7, 11) is 0. The number of halogens is 1. The number of hydrogen-bond donors (Lipinski definition) is 1. The van der Waals surface area contributed by atoms with E-state index in [0.29, 0.717) is 5.56 Å². The summed E-state index contributed by atoms with van der Waals surface area (Å²) in [6, 6.07) is 13.1. The van der Waals surface area contributed by atoms with Gasteiger partial charge >= 0.3 is 0 Å². The van der Waals surface area contributed by atoms with Crippen molar-refractivity contribution in [2.24, 2.45) is 5.73 Å². The second kappa shape index (κ2) is 4.68. The van der Waals surface area contributed by atoms with Gasteiger partial charge in [0.05, 0.1) is 0 Å². The molecule has 2 aromatic carbocycles. The molecule has 0 bridgehead atoms. The van der Waals surface area contributed by atoms with Gasteiger partial charge in [-0.25, -0.2) is 4.39 Å². The number of benzene rings is 2. The highest BCUT2D eigenvalue weighted by molar-refractivity contribution is 5.67. The lowest BCUT2D eigenvalue weighted by Gasteiger charge is -2.09. The van der Waals surface area contributed by atoms with Gasteiger partial charge in [-0.05, 0) is 42.2 Å². The molecular formula is C15H16FN. The van der Waals surface area contributed by atoms with Crippen molar-refractivity contribution < 1.29 is 4.39 Å². The molecule has 0 saturated heterocycles. The van der Waals surface area contributed by atoms with E-state index in [0.717, 1.165) is 16.7 Å². The van der Waals surface area contributed by atoms with E-state index in [2.05, 4.69) is 0 Å². The van der Waals surface area contributed by atoms with Gasteiger partial charge < -0.3 is 5.73 Å². The Labute approximate surface area is 101 Å². The highest BCUT2D eigenvalue weighted by Gasteiger charge is 2.06. The van der Waals surface area contributed by atoms with Gasteiger partial charge in [-0.15, -0.1) is 0 Å². The van der Waals surface area contributed by atoms with E-state index in [-0.39, 0.29) is 11.9 Å². The fourth-order valence-corrected chi connectivity index (χ4v) is 1.89. The predicted octanol–water partition coefficient (Wildman–Crippen LogP) is 3.82. The van der Waals surface area contributed by atoms with E-state index in [1.54, 1.807) is 13.0 Å². The predicted molar refractivity (Wildman–Crippen MR) is 69.2 cm³/mol. The molecule has 2 rings (SSSR count). The van der Waals surface area contributed by atoms with Crippen LogP contribution in [0.3, 0.4) is 0 Å². The zero-order valence-electron chi connectivity index (χ0n) is 10.1. The second-order valence-electron chi connectivity index (χ2n) is 4.32. The first kappa shape index (κ1) is 11.8. The molecule has 0 amide bonds. The normalized spacial score (nSPS) is 12.5. The first-order valence-corrected chi connectivity index (χ1v) is 5.70. The van der Waals surface area contributed by atoms with Gasteiger partial charge in [0, 0.05) is 6.04 Å². The fraction of sp³-hybridized carbons (Fsp3) is 0.200. The SMILES string of the molecule is Cc1c(F)cccc1-c1ccc(C(C)N)cc1. The fourth-order valence-electron chi connectivity index (χ4n) is 1.89.